The summed E-state index contributed by atoms with van der Waals surface area (Å²) < 4.78 is 5.34. The summed E-state index contributed by atoms with van der Waals surface area (Å²) in [6.07, 6.45) is -0.426. The maximum Gasteiger partial charge on any atom is 0.251 e. The van der Waals surface area contributed by atoms with Gasteiger partial charge in [-0.1, -0.05) is 48.5 Å². The highest BCUT2D eigenvalue weighted by Gasteiger charge is 2.24. The fraction of sp³-hybridized carbons (Fsp3) is 0.294. The Morgan fingerprint density at radius 1 is 0.857 bits per heavy atom. The van der Waals surface area contributed by atoms with E-state index in [1.54, 1.807) is 42.7 Å². The van der Waals surface area contributed by atoms with Gasteiger partial charge in [-0.2, -0.15) is 0 Å². The van der Waals surface area contributed by atoms with E-state index in [0.29, 0.717) is 17.5 Å². The van der Waals surface area contributed by atoms with Crippen LogP contribution in [0.5, 0.6) is 5.75 Å². The molecule has 0 aliphatic heterocycles. The van der Waals surface area contributed by atoms with Crippen LogP contribution in [0.3, 0.4) is 0 Å². The summed E-state index contributed by atoms with van der Waals surface area (Å²) >= 11 is 1.61. The van der Waals surface area contributed by atoms with E-state index in [1.807, 2.05) is 86.8 Å². The number of thiophene rings is 1. The Hall–Kier alpha value is -3.98. The molecule has 0 saturated heterocycles. The van der Waals surface area contributed by atoms with Crippen LogP contribution in [0, 0.1) is 6.92 Å². The molecular formula is C34H39N3O4S. The van der Waals surface area contributed by atoms with Crippen molar-refractivity contribution in [2.75, 3.05) is 13.7 Å². The number of carbonyl (C=O) groups is 2. The van der Waals surface area contributed by atoms with Crippen LogP contribution in [0.1, 0.15) is 68.2 Å². The zero-order chi connectivity index (χ0) is 30.1. The van der Waals surface area contributed by atoms with E-state index in [4.69, 9.17) is 4.74 Å². The third-order valence-corrected chi connectivity index (χ3v) is 8.54. The number of aliphatic hydroxyl groups excluding tert-OH is 1. The average molecular weight is 586 g/mol. The van der Waals surface area contributed by atoms with E-state index in [9.17, 15) is 14.7 Å². The third-order valence-electron chi connectivity index (χ3n) is 7.34. The quantitative estimate of drug-likeness (QED) is 0.164. The Morgan fingerprint density at radius 3 is 2.21 bits per heavy atom. The first kappa shape index (κ1) is 31.0. The number of methoxy groups -OCH3 is 1. The first-order valence-electron chi connectivity index (χ1n) is 14.1. The zero-order valence-electron chi connectivity index (χ0n) is 24.5. The molecule has 7 nitrogen and oxygen atoms in total. The minimum Gasteiger partial charge on any atom is -0.497 e. The summed E-state index contributed by atoms with van der Waals surface area (Å²) in [5.74, 6) is 0.164. The van der Waals surface area contributed by atoms with Crippen molar-refractivity contribution in [1.82, 2.24) is 16.0 Å². The van der Waals surface area contributed by atoms with Gasteiger partial charge in [0.1, 0.15) is 5.75 Å². The van der Waals surface area contributed by atoms with Gasteiger partial charge < -0.3 is 25.8 Å². The number of rotatable bonds is 13. The zero-order valence-corrected chi connectivity index (χ0v) is 25.3. The largest absolute Gasteiger partial charge is 0.497 e. The lowest BCUT2D eigenvalue weighted by molar-refractivity contribution is 0.0825. The normalized spacial score (nSPS) is 13.9. The molecule has 0 aliphatic rings. The SMILES string of the molecule is COc1cccc([C@@H](C)NC[C@@H](O)[C@H](Cc2ccccc2)NC(=O)c2cccc(C(=O)NC(C)c3sccc3C)c2)c1. The molecule has 4 atom stereocenters. The van der Waals surface area contributed by atoms with Crippen molar-refractivity contribution in [3.63, 3.8) is 0 Å². The van der Waals surface area contributed by atoms with Gasteiger partial charge in [0.2, 0.25) is 0 Å². The fourth-order valence-electron chi connectivity index (χ4n) is 4.85. The van der Waals surface area contributed by atoms with E-state index in [-0.39, 0.29) is 30.4 Å². The maximum atomic E-state index is 13.4. The van der Waals surface area contributed by atoms with Crippen LogP contribution in [0.15, 0.2) is 90.3 Å². The Kier molecular flexibility index (Phi) is 10.9. The van der Waals surface area contributed by atoms with Gasteiger partial charge in [0.25, 0.3) is 11.8 Å². The number of aryl methyl sites for hydroxylation is 1. The number of carbonyl (C=O) groups excluding carboxylic acids is 2. The second-order valence-corrected chi connectivity index (χ2v) is 11.4. The van der Waals surface area contributed by atoms with Gasteiger partial charge in [-0.3, -0.25) is 9.59 Å². The van der Waals surface area contributed by atoms with Gasteiger partial charge in [-0.05, 0) is 85.7 Å². The van der Waals surface area contributed by atoms with E-state index in [1.165, 1.54) is 0 Å². The predicted octanol–water partition coefficient (Wildman–Crippen LogP) is 5.61. The molecule has 2 amide bonds. The molecule has 0 bridgehead atoms. The highest BCUT2D eigenvalue weighted by Crippen LogP contribution is 2.24. The number of hydrogen-bond acceptors (Lipinski definition) is 6. The van der Waals surface area contributed by atoms with Crippen molar-refractivity contribution >= 4 is 23.2 Å². The summed E-state index contributed by atoms with van der Waals surface area (Å²) in [7, 11) is 1.63. The van der Waals surface area contributed by atoms with E-state index in [2.05, 4.69) is 16.0 Å². The second-order valence-electron chi connectivity index (χ2n) is 10.5. The second kappa shape index (κ2) is 14.8. The van der Waals surface area contributed by atoms with Gasteiger partial charge in [-0.25, -0.2) is 0 Å². The summed E-state index contributed by atoms with van der Waals surface area (Å²) in [6.45, 7) is 6.25. The minimum absolute atomic E-state index is 0.0432. The molecule has 0 fully saturated rings. The van der Waals surface area contributed by atoms with Crippen LogP contribution in [0.2, 0.25) is 0 Å². The number of amides is 2. The Labute approximate surface area is 252 Å². The average Bonchev–Trinajstić information content (AvgIpc) is 3.45. The van der Waals surface area contributed by atoms with E-state index in [0.717, 1.165) is 27.3 Å². The Balaban J connectivity index is 1.44. The molecule has 0 saturated carbocycles. The molecule has 0 radical (unpaired) electrons. The summed E-state index contributed by atoms with van der Waals surface area (Å²) in [5, 5.41) is 22.7. The minimum atomic E-state index is -0.872. The molecular weight excluding hydrogens is 546 g/mol. The monoisotopic (exact) mass is 585 g/mol. The highest BCUT2D eigenvalue weighted by atomic mass is 32.1. The van der Waals surface area contributed by atoms with Gasteiger partial charge in [0.05, 0.1) is 25.3 Å². The van der Waals surface area contributed by atoms with Gasteiger partial charge in [0.15, 0.2) is 0 Å². The molecule has 8 heteroatoms. The predicted molar refractivity (Wildman–Crippen MR) is 168 cm³/mol. The molecule has 4 N–H and O–H groups in total. The molecule has 0 aliphatic carbocycles. The molecule has 0 spiro atoms. The number of benzene rings is 3. The first-order chi connectivity index (χ1) is 20.2. The molecule has 4 aromatic rings. The van der Waals surface area contributed by atoms with Gasteiger partial charge >= 0.3 is 0 Å². The van der Waals surface area contributed by atoms with E-state index >= 15 is 0 Å². The lowest BCUT2D eigenvalue weighted by atomic mass is 9.99. The van der Waals surface area contributed by atoms with Gasteiger partial charge in [0, 0.05) is 28.6 Å². The Morgan fingerprint density at radius 2 is 1.55 bits per heavy atom. The topological polar surface area (TPSA) is 99.7 Å². The standard InChI is InChI=1S/C34H39N3O4S/c1-22-16-17-42-32(22)24(3)36-33(39)27-13-8-14-28(19-27)34(40)37-30(18-25-10-6-5-7-11-25)31(38)21-35-23(2)26-12-9-15-29(20-26)41-4/h5-17,19-20,23-24,30-31,35,38H,18,21H2,1-4H3,(H,36,39)(H,37,40)/t23-,24?,30+,31-/m1/s1. The van der Waals surface area contributed by atoms with Crippen LogP contribution in [0.25, 0.3) is 0 Å². The molecule has 1 aromatic heterocycles. The van der Waals surface area contributed by atoms with Crippen molar-refractivity contribution in [1.29, 1.82) is 0 Å². The summed E-state index contributed by atoms with van der Waals surface area (Å²) in [6, 6.07) is 25.5. The lowest BCUT2D eigenvalue weighted by Crippen LogP contribution is -2.49. The highest BCUT2D eigenvalue weighted by molar-refractivity contribution is 7.10. The maximum absolute atomic E-state index is 13.4. The van der Waals surface area contributed by atoms with Crippen molar-refractivity contribution in [3.8, 4) is 5.75 Å². The molecule has 1 heterocycles. The number of aliphatic hydroxyl groups is 1. The molecule has 4 rings (SSSR count). The van der Waals surface area contributed by atoms with Crippen LogP contribution in [-0.4, -0.2) is 42.7 Å². The number of nitrogens with one attached hydrogen (secondary N) is 3. The first-order valence-corrected chi connectivity index (χ1v) is 15.0. The molecule has 3 aromatic carbocycles. The van der Waals surface area contributed by atoms with Gasteiger partial charge in [-0.15, -0.1) is 11.3 Å². The molecule has 42 heavy (non-hydrogen) atoms. The van der Waals surface area contributed by atoms with Crippen LogP contribution in [-0.2, 0) is 6.42 Å². The smallest absolute Gasteiger partial charge is 0.251 e. The summed E-state index contributed by atoms with van der Waals surface area (Å²) in [5.41, 5.74) is 3.91. The van der Waals surface area contributed by atoms with Crippen molar-refractivity contribution in [3.05, 3.63) is 123 Å². The summed E-state index contributed by atoms with van der Waals surface area (Å²) in [4.78, 5) is 27.5. The number of hydrogen-bond donors (Lipinski definition) is 4. The van der Waals surface area contributed by atoms with Crippen molar-refractivity contribution < 1.29 is 19.4 Å². The van der Waals surface area contributed by atoms with Crippen LogP contribution >= 0.6 is 11.3 Å². The van der Waals surface area contributed by atoms with Crippen molar-refractivity contribution in [2.24, 2.45) is 0 Å². The van der Waals surface area contributed by atoms with Crippen molar-refractivity contribution in [2.45, 2.75) is 51.4 Å². The lowest BCUT2D eigenvalue weighted by Gasteiger charge is -2.26. The molecule has 1 unspecified atom stereocenters. The van der Waals surface area contributed by atoms with Crippen LogP contribution < -0.4 is 20.7 Å². The molecule has 220 valence electrons. The van der Waals surface area contributed by atoms with Crippen LogP contribution in [0.4, 0.5) is 0 Å². The van der Waals surface area contributed by atoms with E-state index < -0.39 is 12.1 Å². The number of ether oxygens (including phenoxy) is 1. The third kappa shape index (κ3) is 8.28. The fourth-order valence-corrected chi connectivity index (χ4v) is 5.78. The Bertz CT molecular complexity index is 1470.